The van der Waals surface area contributed by atoms with Gasteiger partial charge in [0, 0.05) is 5.56 Å². The van der Waals surface area contributed by atoms with Crippen LogP contribution in [0.2, 0.25) is 0 Å². The normalized spacial score (nSPS) is 10.9. The molecule has 0 saturated heterocycles. The molecule has 0 N–H and O–H groups in total. The van der Waals surface area contributed by atoms with Crippen LogP contribution in [0.25, 0.3) is 0 Å². The van der Waals surface area contributed by atoms with Gasteiger partial charge in [0.2, 0.25) is 0 Å². The van der Waals surface area contributed by atoms with E-state index in [0.717, 1.165) is 6.92 Å². The van der Waals surface area contributed by atoms with Gasteiger partial charge < -0.3 is 0 Å². The lowest BCUT2D eigenvalue weighted by Crippen LogP contribution is -2.16. The number of hydrogen-bond acceptors (Lipinski definition) is 2. The van der Waals surface area contributed by atoms with E-state index in [-0.39, 0.29) is 5.56 Å². The number of alkyl halides is 3. The van der Waals surface area contributed by atoms with Crippen LogP contribution in [0.4, 0.5) is 22.0 Å². The molecule has 0 fully saturated rings. The maximum atomic E-state index is 13.4. The van der Waals surface area contributed by atoms with E-state index in [4.69, 9.17) is 10.5 Å². The first-order chi connectivity index (χ1) is 8.25. The maximum absolute atomic E-state index is 13.4. The highest BCUT2D eigenvalue weighted by Crippen LogP contribution is 2.37. The van der Waals surface area contributed by atoms with Crippen LogP contribution in [0.15, 0.2) is 0 Å². The van der Waals surface area contributed by atoms with Gasteiger partial charge in [0.05, 0.1) is 18.1 Å². The monoisotopic (exact) mass is 260 g/mol. The summed E-state index contributed by atoms with van der Waals surface area (Å²) in [5.41, 5.74) is -3.82. The lowest BCUT2D eigenvalue weighted by molar-refractivity contribution is -0.140. The lowest BCUT2D eigenvalue weighted by atomic mass is 9.94. The van der Waals surface area contributed by atoms with Crippen LogP contribution in [0.5, 0.6) is 0 Å². The molecular formula is C11H5F5N2. The smallest absolute Gasteiger partial charge is 0.203 e. The molecule has 0 heterocycles. The van der Waals surface area contributed by atoms with Crippen molar-refractivity contribution in [1.82, 2.24) is 0 Å². The Labute approximate surface area is 98.9 Å². The lowest BCUT2D eigenvalue weighted by Gasteiger charge is -2.15. The SMILES string of the molecule is Cc1c(C#N)c(C(F)(F)F)c(F)c(F)c1CC#N. The number of hydrogen-bond donors (Lipinski definition) is 0. The first-order valence-corrected chi connectivity index (χ1v) is 4.60. The average Bonchev–Trinajstić information content (AvgIpc) is 2.27. The second-order valence-corrected chi connectivity index (χ2v) is 3.43. The Balaban J connectivity index is 3.80. The fourth-order valence-corrected chi connectivity index (χ4v) is 1.55. The van der Waals surface area contributed by atoms with Gasteiger partial charge in [-0.3, -0.25) is 0 Å². The summed E-state index contributed by atoms with van der Waals surface area (Å²) in [6.45, 7) is 1.04. The molecule has 0 amide bonds. The number of halogens is 5. The quantitative estimate of drug-likeness (QED) is 0.728. The van der Waals surface area contributed by atoms with Crippen molar-refractivity contribution in [3.05, 3.63) is 33.9 Å². The maximum Gasteiger partial charge on any atom is 0.420 e. The van der Waals surface area contributed by atoms with E-state index in [1.54, 1.807) is 0 Å². The van der Waals surface area contributed by atoms with E-state index in [0.29, 0.717) is 0 Å². The highest BCUT2D eigenvalue weighted by molar-refractivity contribution is 5.51. The molecule has 1 aromatic carbocycles. The highest BCUT2D eigenvalue weighted by atomic mass is 19.4. The Morgan fingerprint density at radius 3 is 2.06 bits per heavy atom. The van der Waals surface area contributed by atoms with Crippen LogP contribution in [0, 0.1) is 41.2 Å². The largest absolute Gasteiger partial charge is 0.420 e. The molecule has 0 saturated carbocycles. The molecule has 0 aliphatic rings. The molecular weight excluding hydrogens is 255 g/mol. The second kappa shape index (κ2) is 4.61. The molecule has 0 aliphatic carbocycles. The summed E-state index contributed by atoms with van der Waals surface area (Å²) in [6, 6.07) is 2.71. The van der Waals surface area contributed by atoms with E-state index >= 15 is 0 Å². The summed E-state index contributed by atoms with van der Waals surface area (Å²) >= 11 is 0. The first-order valence-electron chi connectivity index (χ1n) is 4.60. The van der Waals surface area contributed by atoms with Crippen molar-refractivity contribution in [3.8, 4) is 12.1 Å². The van der Waals surface area contributed by atoms with Crippen molar-refractivity contribution in [1.29, 1.82) is 10.5 Å². The van der Waals surface area contributed by atoms with Crippen molar-refractivity contribution in [2.45, 2.75) is 19.5 Å². The number of benzene rings is 1. The first kappa shape index (κ1) is 13.9. The number of nitrogens with zero attached hydrogens (tertiary/aromatic N) is 2. The Morgan fingerprint density at radius 2 is 1.67 bits per heavy atom. The Hall–Kier alpha value is -2.15. The summed E-state index contributed by atoms with van der Waals surface area (Å²) in [4.78, 5) is 0. The third kappa shape index (κ3) is 2.12. The third-order valence-electron chi connectivity index (χ3n) is 2.41. The van der Waals surface area contributed by atoms with Crippen LogP contribution in [0.3, 0.4) is 0 Å². The van der Waals surface area contributed by atoms with Gasteiger partial charge in [-0.15, -0.1) is 0 Å². The van der Waals surface area contributed by atoms with Gasteiger partial charge >= 0.3 is 6.18 Å². The minimum absolute atomic E-state index is 0.370. The topological polar surface area (TPSA) is 47.6 Å². The fraction of sp³-hybridized carbons (Fsp3) is 0.273. The highest BCUT2D eigenvalue weighted by Gasteiger charge is 2.40. The van der Waals surface area contributed by atoms with E-state index in [9.17, 15) is 22.0 Å². The Kier molecular flexibility index (Phi) is 3.57. The van der Waals surface area contributed by atoms with Gasteiger partial charge in [-0.1, -0.05) is 0 Å². The predicted octanol–water partition coefficient (Wildman–Crippen LogP) is 3.23. The minimum atomic E-state index is -5.17. The fourth-order valence-electron chi connectivity index (χ4n) is 1.55. The van der Waals surface area contributed by atoms with Gasteiger partial charge in [-0.2, -0.15) is 23.7 Å². The van der Waals surface area contributed by atoms with Crippen molar-refractivity contribution < 1.29 is 22.0 Å². The molecule has 0 spiro atoms. The van der Waals surface area contributed by atoms with Gasteiger partial charge in [0.15, 0.2) is 11.6 Å². The van der Waals surface area contributed by atoms with E-state index in [1.165, 1.54) is 12.1 Å². The number of rotatable bonds is 1. The van der Waals surface area contributed by atoms with Gasteiger partial charge in [-0.25, -0.2) is 8.78 Å². The zero-order valence-electron chi connectivity index (χ0n) is 8.99. The molecule has 18 heavy (non-hydrogen) atoms. The molecule has 7 heteroatoms. The standard InChI is InChI=1S/C11H5F5N2/c1-5-6(2-3-17)9(12)10(13)8(7(5)4-18)11(14,15)16/h2H2,1H3. The molecule has 1 rings (SSSR count). The predicted molar refractivity (Wildman–Crippen MR) is 50.1 cm³/mol. The zero-order chi connectivity index (χ0) is 14.1. The van der Waals surface area contributed by atoms with Crippen molar-refractivity contribution >= 4 is 0 Å². The summed E-state index contributed by atoms with van der Waals surface area (Å²) < 4.78 is 64.4. The third-order valence-corrected chi connectivity index (χ3v) is 2.41. The molecule has 0 radical (unpaired) electrons. The Morgan fingerprint density at radius 1 is 1.11 bits per heavy atom. The molecule has 0 atom stereocenters. The molecule has 0 aromatic heterocycles. The van der Waals surface area contributed by atoms with Crippen LogP contribution in [-0.2, 0) is 12.6 Å². The van der Waals surface area contributed by atoms with Gasteiger partial charge in [0.1, 0.15) is 11.6 Å². The van der Waals surface area contributed by atoms with Crippen LogP contribution in [-0.4, -0.2) is 0 Å². The summed E-state index contributed by atoms with van der Waals surface area (Å²) in [5, 5.41) is 17.1. The van der Waals surface area contributed by atoms with Crippen molar-refractivity contribution in [2.75, 3.05) is 0 Å². The summed E-state index contributed by atoms with van der Waals surface area (Å²) in [6.07, 6.45) is -5.78. The van der Waals surface area contributed by atoms with E-state index in [2.05, 4.69) is 0 Å². The van der Waals surface area contributed by atoms with Gasteiger partial charge in [-0.05, 0) is 12.5 Å². The summed E-state index contributed by atoms with van der Waals surface area (Å²) in [7, 11) is 0. The van der Waals surface area contributed by atoms with Crippen LogP contribution in [0.1, 0.15) is 22.3 Å². The molecule has 94 valence electrons. The zero-order valence-corrected chi connectivity index (χ0v) is 8.99. The molecule has 1 aromatic rings. The molecule has 0 bridgehead atoms. The average molecular weight is 260 g/mol. The van der Waals surface area contributed by atoms with Crippen molar-refractivity contribution in [3.63, 3.8) is 0 Å². The number of nitriles is 2. The van der Waals surface area contributed by atoms with E-state index in [1.807, 2.05) is 0 Å². The van der Waals surface area contributed by atoms with Gasteiger partial charge in [0.25, 0.3) is 0 Å². The van der Waals surface area contributed by atoms with Crippen LogP contribution < -0.4 is 0 Å². The van der Waals surface area contributed by atoms with Crippen LogP contribution >= 0.6 is 0 Å². The molecule has 0 unspecified atom stereocenters. The van der Waals surface area contributed by atoms with Crippen molar-refractivity contribution in [2.24, 2.45) is 0 Å². The Bertz CT molecular complexity index is 575. The second-order valence-electron chi connectivity index (χ2n) is 3.43. The molecule has 0 aliphatic heterocycles. The van der Waals surface area contributed by atoms with E-state index < -0.39 is 40.9 Å². The molecule has 2 nitrogen and oxygen atoms in total. The summed E-state index contributed by atoms with van der Waals surface area (Å²) in [5.74, 6) is -3.88. The minimum Gasteiger partial charge on any atom is -0.203 e.